The number of pyridine rings is 1. The molecule has 0 saturated carbocycles. The van der Waals surface area contributed by atoms with Crippen LogP contribution < -0.4 is 0 Å². The molecule has 84 valence electrons. The predicted molar refractivity (Wildman–Crippen MR) is 60.5 cm³/mol. The molecule has 1 aliphatic rings. The van der Waals surface area contributed by atoms with Gasteiger partial charge in [-0.1, -0.05) is 6.07 Å². The van der Waals surface area contributed by atoms with Gasteiger partial charge in [0.25, 0.3) is 0 Å². The van der Waals surface area contributed by atoms with E-state index in [9.17, 15) is 0 Å². The number of ether oxygens (including phenoxy) is 1. The summed E-state index contributed by atoms with van der Waals surface area (Å²) in [6.45, 7) is 3.72. The Morgan fingerprint density at radius 1 is 1.31 bits per heavy atom. The molecule has 0 aliphatic carbocycles. The first-order valence-electron chi connectivity index (χ1n) is 5.74. The van der Waals surface area contributed by atoms with Crippen molar-refractivity contribution in [2.75, 3.05) is 13.2 Å². The molecule has 1 saturated heterocycles. The minimum absolute atomic E-state index is 0.466. The lowest BCUT2D eigenvalue weighted by atomic mass is 10.00. The molecule has 0 amide bonds. The van der Waals surface area contributed by atoms with E-state index in [2.05, 4.69) is 23.1 Å². The summed E-state index contributed by atoms with van der Waals surface area (Å²) in [4.78, 5) is 4.59. The molecule has 4 nitrogen and oxygen atoms in total. The zero-order chi connectivity index (χ0) is 11.0. The minimum Gasteiger partial charge on any atom is -0.381 e. The van der Waals surface area contributed by atoms with Crippen molar-refractivity contribution in [2.24, 2.45) is 0 Å². The second kappa shape index (κ2) is 3.87. The van der Waals surface area contributed by atoms with E-state index in [4.69, 9.17) is 4.74 Å². The second-order valence-corrected chi connectivity index (χ2v) is 4.29. The number of hydrogen-bond acceptors (Lipinski definition) is 3. The Hall–Kier alpha value is -1.42. The first-order valence-corrected chi connectivity index (χ1v) is 5.74. The molecule has 4 heteroatoms. The van der Waals surface area contributed by atoms with E-state index in [-0.39, 0.29) is 0 Å². The van der Waals surface area contributed by atoms with Gasteiger partial charge < -0.3 is 4.74 Å². The van der Waals surface area contributed by atoms with Crippen LogP contribution in [-0.2, 0) is 4.74 Å². The van der Waals surface area contributed by atoms with Crippen molar-refractivity contribution in [1.82, 2.24) is 14.6 Å². The first-order chi connectivity index (χ1) is 7.84. The van der Waals surface area contributed by atoms with Crippen LogP contribution in [0.2, 0.25) is 0 Å². The number of hydrogen-bond donors (Lipinski definition) is 0. The third-order valence-electron chi connectivity index (χ3n) is 3.15. The van der Waals surface area contributed by atoms with Gasteiger partial charge in [0, 0.05) is 24.8 Å². The number of nitrogens with zero attached hydrogens (tertiary/aromatic N) is 3. The summed E-state index contributed by atoms with van der Waals surface area (Å²) >= 11 is 0. The fourth-order valence-corrected chi connectivity index (χ4v) is 2.18. The lowest BCUT2D eigenvalue weighted by molar-refractivity contribution is 0.0836. The van der Waals surface area contributed by atoms with Gasteiger partial charge >= 0.3 is 0 Å². The Labute approximate surface area is 94.3 Å². The van der Waals surface area contributed by atoms with Crippen LogP contribution >= 0.6 is 0 Å². The molecule has 3 rings (SSSR count). The highest BCUT2D eigenvalue weighted by Gasteiger charge is 2.20. The molecular formula is C12H15N3O. The molecule has 2 aromatic heterocycles. The maximum Gasteiger partial charge on any atom is 0.155 e. The van der Waals surface area contributed by atoms with E-state index >= 15 is 0 Å². The van der Waals surface area contributed by atoms with Crippen molar-refractivity contribution >= 4 is 5.65 Å². The zero-order valence-electron chi connectivity index (χ0n) is 9.39. The minimum atomic E-state index is 0.466. The van der Waals surface area contributed by atoms with Crippen molar-refractivity contribution in [3.05, 3.63) is 29.7 Å². The van der Waals surface area contributed by atoms with Crippen LogP contribution in [0.4, 0.5) is 0 Å². The zero-order valence-corrected chi connectivity index (χ0v) is 9.39. The molecule has 16 heavy (non-hydrogen) atoms. The lowest BCUT2D eigenvalue weighted by Crippen LogP contribution is -2.15. The van der Waals surface area contributed by atoms with Crippen molar-refractivity contribution in [2.45, 2.75) is 25.7 Å². The van der Waals surface area contributed by atoms with E-state index in [1.807, 2.05) is 16.6 Å². The molecule has 3 heterocycles. The van der Waals surface area contributed by atoms with Crippen LogP contribution in [-0.4, -0.2) is 27.8 Å². The van der Waals surface area contributed by atoms with E-state index in [1.54, 1.807) is 0 Å². The Kier molecular flexibility index (Phi) is 2.36. The Bertz CT molecular complexity index is 500. The van der Waals surface area contributed by atoms with Crippen LogP contribution in [0.1, 0.15) is 30.3 Å². The summed E-state index contributed by atoms with van der Waals surface area (Å²) in [5.41, 5.74) is 2.07. The number of aromatic nitrogens is 3. The lowest BCUT2D eigenvalue weighted by Gasteiger charge is -2.18. The Morgan fingerprint density at radius 3 is 2.88 bits per heavy atom. The molecule has 0 aromatic carbocycles. The Balaban J connectivity index is 2.01. The molecule has 2 aromatic rings. The van der Waals surface area contributed by atoms with Gasteiger partial charge in [0.05, 0.1) is 0 Å². The van der Waals surface area contributed by atoms with Crippen molar-refractivity contribution in [3.8, 4) is 0 Å². The molecule has 0 bridgehead atoms. The highest BCUT2D eigenvalue weighted by Crippen LogP contribution is 2.24. The summed E-state index contributed by atoms with van der Waals surface area (Å²) in [7, 11) is 0. The first kappa shape index (κ1) is 9.78. The van der Waals surface area contributed by atoms with Gasteiger partial charge in [-0.15, -0.1) is 0 Å². The van der Waals surface area contributed by atoms with E-state index in [0.29, 0.717) is 5.92 Å². The van der Waals surface area contributed by atoms with Crippen molar-refractivity contribution in [1.29, 1.82) is 0 Å². The molecule has 0 N–H and O–H groups in total. The molecule has 0 spiro atoms. The summed E-state index contributed by atoms with van der Waals surface area (Å²) < 4.78 is 7.28. The molecule has 0 atom stereocenters. The van der Waals surface area contributed by atoms with Crippen molar-refractivity contribution < 1.29 is 4.74 Å². The fraction of sp³-hybridized carbons (Fsp3) is 0.500. The highest BCUT2D eigenvalue weighted by molar-refractivity contribution is 5.39. The summed E-state index contributed by atoms with van der Waals surface area (Å²) in [5.74, 6) is 1.44. The van der Waals surface area contributed by atoms with Crippen LogP contribution in [0, 0.1) is 6.92 Å². The molecule has 0 unspecified atom stereocenters. The van der Waals surface area contributed by atoms with Gasteiger partial charge in [-0.2, -0.15) is 5.10 Å². The maximum absolute atomic E-state index is 5.36. The predicted octanol–water partition coefficient (Wildman–Crippen LogP) is 1.93. The molecular weight excluding hydrogens is 202 g/mol. The number of aryl methyl sites for hydroxylation is 1. The van der Waals surface area contributed by atoms with Crippen LogP contribution in [0.5, 0.6) is 0 Å². The average molecular weight is 217 g/mol. The topological polar surface area (TPSA) is 39.4 Å². The van der Waals surface area contributed by atoms with Crippen LogP contribution in [0.15, 0.2) is 18.2 Å². The normalized spacial score (nSPS) is 18.1. The Morgan fingerprint density at radius 2 is 2.12 bits per heavy atom. The van der Waals surface area contributed by atoms with Gasteiger partial charge in [0.2, 0.25) is 0 Å². The van der Waals surface area contributed by atoms with Gasteiger partial charge in [-0.25, -0.2) is 9.50 Å². The van der Waals surface area contributed by atoms with Crippen LogP contribution in [0.25, 0.3) is 5.65 Å². The fourth-order valence-electron chi connectivity index (χ4n) is 2.18. The monoisotopic (exact) mass is 217 g/mol. The van der Waals surface area contributed by atoms with Crippen LogP contribution in [0.3, 0.4) is 0 Å². The third-order valence-corrected chi connectivity index (χ3v) is 3.15. The third kappa shape index (κ3) is 1.59. The van der Waals surface area contributed by atoms with Crippen molar-refractivity contribution in [3.63, 3.8) is 0 Å². The number of rotatable bonds is 1. The highest BCUT2D eigenvalue weighted by atomic mass is 16.5. The van der Waals surface area contributed by atoms with E-state index in [0.717, 1.165) is 43.2 Å². The molecule has 1 fully saturated rings. The second-order valence-electron chi connectivity index (χ2n) is 4.29. The SMILES string of the molecule is Cc1cccc2nc(C3CCOCC3)nn12. The smallest absolute Gasteiger partial charge is 0.155 e. The largest absolute Gasteiger partial charge is 0.381 e. The number of fused-ring (bicyclic) bond motifs is 1. The van der Waals surface area contributed by atoms with Gasteiger partial charge in [0.1, 0.15) is 0 Å². The van der Waals surface area contributed by atoms with Gasteiger partial charge in [-0.3, -0.25) is 0 Å². The summed E-state index contributed by atoms with van der Waals surface area (Å²) in [6, 6.07) is 6.07. The van der Waals surface area contributed by atoms with E-state index in [1.165, 1.54) is 0 Å². The molecule has 0 radical (unpaired) electrons. The standard InChI is InChI=1S/C12H15N3O/c1-9-3-2-4-11-13-12(14-15(9)11)10-5-7-16-8-6-10/h2-4,10H,5-8H2,1H3. The quantitative estimate of drug-likeness (QED) is 0.732. The summed E-state index contributed by atoms with van der Waals surface area (Å²) in [6.07, 6.45) is 2.08. The summed E-state index contributed by atoms with van der Waals surface area (Å²) in [5, 5.41) is 4.59. The maximum atomic E-state index is 5.36. The van der Waals surface area contributed by atoms with E-state index < -0.39 is 0 Å². The van der Waals surface area contributed by atoms with Gasteiger partial charge in [-0.05, 0) is 31.9 Å². The molecule has 1 aliphatic heterocycles. The van der Waals surface area contributed by atoms with Gasteiger partial charge in [0.15, 0.2) is 11.5 Å². The average Bonchev–Trinajstić information content (AvgIpc) is 2.76.